The zero-order valence-corrected chi connectivity index (χ0v) is 14.2. The molecule has 2 aromatic heterocycles. The second-order valence-corrected chi connectivity index (χ2v) is 6.80. The fraction of sp³-hybridized carbons (Fsp3) is 0. The summed E-state index contributed by atoms with van der Waals surface area (Å²) in [5.41, 5.74) is 10.5. The van der Waals surface area contributed by atoms with Gasteiger partial charge in [-0.05, 0) is 24.3 Å². The molecule has 2 aromatic carbocycles. The Morgan fingerprint density at radius 2 is 1.70 bits per heavy atom. The molecule has 0 fully saturated rings. The van der Waals surface area contributed by atoms with E-state index in [1.165, 1.54) is 0 Å². The molecule has 6 heteroatoms. The van der Waals surface area contributed by atoms with Crippen molar-refractivity contribution in [2.24, 2.45) is 0 Å². The molecule has 0 atom stereocenters. The SMILES string of the molecule is Nc1ccc(-c2cn3c(-c4ccc(Cl)c(Cl)c4)csc3n2)cc1. The molecular formula is C17H11Cl2N3S. The highest BCUT2D eigenvalue weighted by Crippen LogP contribution is 2.32. The molecule has 0 unspecified atom stereocenters. The molecule has 4 rings (SSSR count). The molecule has 2 heterocycles. The molecule has 0 aliphatic heterocycles. The van der Waals surface area contributed by atoms with Crippen LogP contribution >= 0.6 is 34.5 Å². The molecule has 2 N–H and O–H groups in total. The molecule has 0 spiro atoms. The first-order valence-electron chi connectivity index (χ1n) is 6.90. The first kappa shape index (κ1) is 14.6. The van der Waals surface area contributed by atoms with Crippen LogP contribution in [0.2, 0.25) is 10.0 Å². The van der Waals surface area contributed by atoms with Gasteiger partial charge in [0.2, 0.25) is 0 Å². The lowest BCUT2D eigenvalue weighted by Crippen LogP contribution is -1.85. The number of hydrogen-bond acceptors (Lipinski definition) is 3. The van der Waals surface area contributed by atoms with E-state index in [1.807, 2.05) is 42.6 Å². The molecule has 0 saturated carbocycles. The fourth-order valence-electron chi connectivity index (χ4n) is 2.44. The van der Waals surface area contributed by atoms with Crippen LogP contribution in [0.3, 0.4) is 0 Å². The maximum absolute atomic E-state index is 6.13. The van der Waals surface area contributed by atoms with Gasteiger partial charge in [0.05, 0.1) is 21.4 Å². The van der Waals surface area contributed by atoms with Crippen LogP contribution in [0, 0.1) is 0 Å². The third-order valence-corrected chi connectivity index (χ3v) is 5.21. The molecule has 4 aromatic rings. The van der Waals surface area contributed by atoms with Crippen molar-refractivity contribution in [3.05, 3.63) is 64.1 Å². The van der Waals surface area contributed by atoms with Crippen molar-refractivity contribution in [2.45, 2.75) is 0 Å². The second kappa shape index (κ2) is 5.57. The summed E-state index contributed by atoms with van der Waals surface area (Å²) < 4.78 is 2.07. The van der Waals surface area contributed by atoms with Gasteiger partial charge >= 0.3 is 0 Å². The van der Waals surface area contributed by atoms with Crippen molar-refractivity contribution in [3.63, 3.8) is 0 Å². The number of imidazole rings is 1. The topological polar surface area (TPSA) is 43.3 Å². The summed E-state index contributed by atoms with van der Waals surface area (Å²) in [5, 5.41) is 3.16. The van der Waals surface area contributed by atoms with E-state index in [-0.39, 0.29) is 0 Å². The summed E-state index contributed by atoms with van der Waals surface area (Å²) >= 11 is 13.7. The van der Waals surface area contributed by atoms with Crippen LogP contribution in [-0.4, -0.2) is 9.38 Å². The van der Waals surface area contributed by atoms with Crippen LogP contribution in [0.5, 0.6) is 0 Å². The van der Waals surface area contributed by atoms with Crippen LogP contribution < -0.4 is 5.73 Å². The zero-order valence-electron chi connectivity index (χ0n) is 11.8. The number of fused-ring (bicyclic) bond motifs is 1. The van der Waals surface area contributed by atoms with E-state index in [4.69, 9.17) is 28.9 Å². The van der Waals surface area contributed by atoms with Gasteiger partial charge in [0, 0.05) is 28.4 Å². The molecule has 0 amide bonds. The number of nitrogens with two attached hydrogens (primary N) is 1. The lowest BCUT2D eigenvalue weighted by atomic mass is 10.1. The summed E-state index contributed by atoms with van der Waals surface area (Å²) in [6.07, 6.45) is 2.02. The largest absolute Gasteiger partial charge is 0.399 e. The minimum absolute atomic E-state index is 0.544. The number of nitrogens with zero attached hydrogens (tertiary/aromatic N) is 2. The van der Waals surface area contributed by atoms with Crippen LogP contribution in [-0.2, 0) is 0 Å². The molecule has 23 heavy (non-hydrogen) atoms. The average molecular weight is 360 g/mol. The van der Waals surface area contributed by atoms with E-state index in [0.717, 1.165) is 33.2 Å². The predicted molar refractivity (Wildman–Crippen MR) is 98.4 cm³/mol. The Labute approximate surface area is 146 Å². The van der Waals surface area contributed by atoms with Crippen molar-refractivity contribution >= 4 is 45.2 Å². The van der Waals surface area contributed by atoms with Crippen LogP contribution in [0.15, 0.2) is 54.0 Å². The first-order chi connectivity index (χ1) is 11.1. The second-order valence-electron chi connectivity index (χ2n) is 5.15. The van der Waals surface area contributed by atoms with Gasteiger partial charge in [-0.25, -0.2) is 4.98 Å². The van der Waals surface area contributed by atoms with Gasteiger partial charge in [0.1, 0.15) is 0 Å². The van der Waals surface area contributed by atoms with Gasteiger partial charge in [-0.2, -0.15) is 0 Å². The molecule has 0 aliphatic carbocycles. The molecule has 0 saturated heterocycles. The highest BCUT2D eigenvalue weighted by Gasteiger charge is 2.12. The van der Waals surface area contributed by atoms with Crippen LogP contribution in [0.25, 0.3) is 27.5 Å². The van der Waals surface area contributed by atoms with E-state index in [1.54, 1.807) is 17.4 Å². The van der Waals surface area contributed by atoms with E-state index < -0.39 is 0 Å². The summed E-state index contributed by atoms with van der Waals surface area (Å²) in [6, 6.07) is 13.3. The zero-order chi connectivity index (χ0) is 16.0. The summed E-state index contributed by atoms with van der Waals surface area (Å²) in [6.45, 7) is 0. The lowest BCUT2D eigenvalue weighted by molar-refractivity contribution is 1.24. The summed E-state index contributed by atoms with van der Waals surface area (Å²) in [5.74, 6) is 0. The maximum Gasteiger partial charge on any atom is 0.194 e. The fourth-order valence-corrected chi connectivity index (χ4v) is 3.62. The van der Waals surface area contributed by atoms with E-state index >= 15 is 0 Å². The highest BCUT2D eigenvalue weighted by atomic mass is 35.5. The molecule has 0 aliphatic rings. The van der Waals surface area contributed by atoms with Gasteiger partial charge in [-0.15, -0.1) is 11.3 Å². The quantitative estimate of drug-likeness (QED) is 0.472. The van der Waals surface area contributed by atoms with Crippen molar-refractivity contribution in [3.8, 4) is 22.5 Å². The van der Waals surface area contributed by atoms with E-state index in [2.05, 4.69) is 14.8 Å². The Morgan fingerprint density at radius 3 is 2.43 bits per heavy atom. The maximum atomic E-state index is 6.13. The average Bonchev–Trinajstić information content (AvgIpc) is 3.11. The highest BCUT2D eigenvalue weighted by molar-refractivity contribution is 7.15. The van der Waals surface area contributed by atoms with E-state index in [9.17, 15) is 0 Å². The summed E-state index contributed by atoms with van der Waals surface area (Å²) in [4.78, 5) is 5.61. The number of nitrogen functional groups attached to an aromatic ring is 1. The monoisotopic (exact) mass is 359 g/mol. The van der Waals surface area contributed by atoms with Crippen LogP contribution in [0.4, 0.5) is 5.69 Å². The van der Waals surface area contributed by atoms with Crippen molar-refractivity contribution in [1.29, 1.82) is 0 Å². The molecule has 3 nitrogen and oxygen atoms in total. The molecule has 0 bridgehead atoms. The minimum atomic E-state index is 0.544. The van der Waals surface area contributed by atoms with Gasteiger partial charge in [-0.1, -0.05) is 41.4 Å². The predicted octanol–water partition coefficient (Wildman–Crippen LogP) is 5.62. The lowest BCUT2D eigenvalue weighted by Gasteiger charge is -2.02. The normalized spacial score (nSPS) is 11.2. The number of aromatic nitrogens is 2. The molecular weight excluding hydrogens is 349 g/mol. The van der Waals surface area contributed by atoms with Gasteiger partial charge in [0.25, 0.3) is 0 Å². The van der Waals surface area contributed by atoms with Crippen LogP contribution in [0.1, 0.15) is 0 Å². The Bertz CT molecular complexity index is 1000. The number of halogens is 2. The molecule has 114 valence electrons. The first-order valence-corrected chi connectivity index (χ1v) is 8.53. The van der Waals surface area contributed by atoms with Gasteiger partial charge in [-0.3, -0.25) is 4.40 Å². The van der Waals surface area contributed by atoms with E-state index in [0.29, 0.717) is 10.0 Å². The number of thiazole rings is 1. The van der Waals surface area contributed by atoms with Gasteiger partial charge in [0.15, 0.2) is 4.96 Å². The number of hydrogen-bond donors (Lipinski definition) is 1. The number of benzene rings is 2. The third kappa shape index (κ3) is 2.59. The standard InChI is InChI=1S/C17H11Cl2N3S/c18-13-6-3-11(7-14(13)19)16-9-23-17-21-15(8-22(16)17)10-1-4-12(20)5-2-10/h1-9H,20H2. The Kier molecular flexibility index (Phi) is 3.53. The van der Waals surface area contributed by atoms with Crippen molar-refractivity contribution in [2.75, 3.05) is 5.73 Å². The van der Waals surface area contributed by atoms with Gasteiger partial charge < -0.3 is 5.73 Å². The minimum Gasteiger partial charge on any atom is -0.399 e. The Balaban J connectivity index is 1.83. The smallest absolute Gasteiger partial charge is 0.194 e. The van der Waals surface area contributed by atoms with Crippen molar-refractivity contribution in [1.82, 2.24) is 9.38 Å². The summed E-state index contributed by atoms with van der Waals surface area (Å²) in [7, 11) is 0. The van der Waals surface area contributed by atoms with Crippen molar-refractivity contribution < 1.29 is 0 Å². The Morgan fingerprint density at radius 1 is 0.957 bits per heavy atom. The third-order valence-electron chi connectivity index (χ3n) is 3.63. The number of anilines is 1. The molecule has 0 radical (unpaired) electrons. The number of rotatable bonds is 2. The Hall–Kier alpha value is -2.01.